The Hall–Kier alpha value is -3.21. The molecular weight excluding hydrogens is 324 g/mol. The minimum Gasteiger partial charge on any atom is -0.365 e. The maximum absolute atomic E-state index is 12.7. The van der Waals surface area contributed by atoms with Gasteiger partial charge in [0.15, 0.2) is 5.69 Å². The highest BCUT2D eigenvalue weighted by molar-refractivity contribution is 6.06. The number of aryl methyl sites for hydroxylation is 1. The van der Waals surface area contributed by atoms with Gasteiger partial charge in [-0.25, -0.2) is 0 Å². The molecule has 0 bridgehead atoms. The van der Waals surface area contributed by atoms with Crippen LogP contribution in [0.1, 0.15) is 27.2 Å². The first-order valence-electron chi connectivity index (χ1n) is 8.73. The first-order valence-corrected chi connectivity index (χ1v) is 8.73. The van der Waals surface area contributed by atoms with Crippen LogP contribution in [-0.2, 0) is 13.0 Å². The number of amides is 1. The number of para-hydroxylation sites is 1. The van der Waals surface area contributed by atoms with Crippen LogP contribution in [0.4, 0.5) is 11.5 Å². The minimum atomic E-state index is -0.104. The van der Waals surface area contributed by atoms with Crippen molar-refractivity contribution in [3.05, 3.63) is 83.0 Å². The number of nitrogens with zero attached hydrogens (tertiary/aromatic N) is 3. The summed E-state index contributed by atoms with van der Waals surface area (Å²) in [6.45, 7) is 3.43. The predicted octanol–water partition coefficient (Wildman–Crippen LogP) is 3.60. The molecule has 130 valence electrons. The monoisotopic (exact) mass is 344 g/mol. The molecule has 1 aromatic heterocycles. The van der Waals surface area contributed by atoms with Crippen molar-refractivity contribution in [2.24, 2.45) is 0 Å². The summed E-state index contributed by atoms with van der Waals surface area (Å²) in [6.07, 6.45) is 0.880. The van der Waals surface area contributed by atoms with Gasteiger partial charge in [-0.3, -0.25) is 4.79 Å². The number of anilines is 2. The Morgan fingerprint density at radius 2 is 1.96 bits per heavy atom. The average Bonchev–Trinajstić information content (AvgIpc) is 3.10. The molecule has 5 nitrogen and oxygen atoms in total. The molecule has 0 fully saturated rings. The number of carbonyl (C=O) groups excluding carboxylic acids is 1. The lowest BCUT2D eigenvalue weighted by Gasteiger charge is -2.16. The molecule has 0 aliphatic carbocycles. The fourth-order valence-corrected chi connectivity index (χ4v) is 3.24. The van der Waals surface area contributed by atoms with Gasteiger partial charge >= 0.3 is 0 Å². The van der Waals surface area contributed by atoms with E-state index >= 15 is 0 Å². The normalized spacial score (nSPS) is 12.7. The Bertz CT molecular complexity index is 937. The summed E-state index contributed by atoms with van der Waals surface area (Å²) >= 11 is 0. The number of aromatic nitrogens is 2. The number of hydrogen-bond donors (Lipinski definition) is 1. The molecule has 0 saturated heterocycles. The lowest BCUT2D eigenvalue weighted by Crippen LogP contribution is -2.29. The van der Waals surface area contributed by atoms with Gasteiger partial charge in [0.25, 0.3) is 5.91 Å². The number of rotatable bonds is 4. The summed E-state index contributed by atoms with van der Waals surface area (Å²) < 4.78 is 0. The largest absolute Gasteiger partial charge is 0.365 e. The maximum atomic E-state index is 12.7. The maximum Gasteiger partial charge on any atom is 0.278 e. The Morgan fingerprint density at radius 1 is 1.08 bits per heavy atom. The van der Waals surface area contributed by atoms with Gasteiger partial charge in [-0.1, -0.05) is 48.0 Å². The number of benzene rings is 2. The Kier molecular flexibility index (Phi) is 4.35. The Morgan fingerprint density at radius 3 is 2.77 bits per heavy atom. The molecule has 1 aliphatic heterocycles. The molecule has 0 saturated carbocycles. The SMILES string of the molecule is Cc1cccc(CNc2ccc(C(=O)N3CCc4ccccc43)nn2)c1. The average molecular weight is 344 g/mol. The van der Waals surface area contributed by atoms with Gasteiger partial charge in [-0.2, -0.15) is 0 Å². The first-order chi connectivity index (χ1) is 12.7. The molecular formula is C21H20N4O. The third-order valence-corrected chi connectivity index (χ3v) is 4.57. The summed E-state index contributed by atoms with van der Waals surface area (Å²) in [6, 6.07) is 19.8. The molecule has 1 aliphatic rings. The zero-order valence-electron chi connectivity index (χ0n) is 14.6. The molecule has 26 heavy (non-hydrogen) atoms. The lowest BCUT2D eigenvalue weighted by molar-refractivity contribution is 0.0983. The summed E-state index contributed by atoms with van der Waals surface area (Å²) in [5.74, 6) is 0.553. The van der Waals surface area contributed by atoms with E-state index in [-0.39, 0.29) is 5.91 Å². The third kappa shape index (κ3) is 3.28. The summed E-state index contributed by atoms with van der Waals surface area (Å²) in [4.78, 5) is 14.5. The van der Waals surface area contributed by atoms with Crippen molar-refractivity contribution in [3.63, 3.8) is 0 Å². The quantitative estimate of drug-likeness (QED) is 0.786. The molecule has 0 radical (unpaired) electrons. The number of nitrogens with one attached hydrogen (secondary N) is 1. The van der Waals surface area contributed by atoms with Crippen molar-refractivity contribution in [2.75, 3.05) is 16.8 Å². The number of carbonyl (C=O) groups is 1. The van der Waals surface area contributed by atoms with E-state index in [2.05, 4.69) is 46.7 Å². The van der Waals surface area contributed by atoms with E-state index in [0.717, 1.165) is 12.1 Å². The standard InChI is InChI=1S/C21H20N4O/c1-15-5-4-6-16(13-15)14-22-20-10-9-18(23-24-20)21(26)25-12-11-17-7-2-3-8-19(17)25/h2-10,13H,11-12,14H2,1H3,(H,22,24). The van der Waals surface area contributed by atoms with Crippen LogP contribution in [0.25, 0.3) is 0 Å². The zero-order valence-corrected chi connectivity index (χ0v) is 14.6. The van der Waals surface area contributed by atoms with Crippen LogP contribution in [0.3, 0.4) is 0 Å². The van der Waals surface area contributed by atoms with Crippen LogP contribution in [0.15, 0.2) is 60.7 Å². The van der Waals surface area contributed by atoms with Gasteiger partial charge < -0.3 is 10.2 Å². The van der Waals surface area contributed by atoms with Gasteiger partial charge in [0.2, 0.25) is 0 Å². The van der Waals surface area contributed by atoms with Crippen molar-refractivity contribution < 1.29 is 4.79 Å². The predicted molar refractivity (Wildman–Crippen MR) is 102 cm³/mol. The second-order valence-corrected chi connectivity index (χ2v) is 6.48. The minimum absolute atomic E-state index is 0.104. The summed E-state index contributed by atoms with van der Waals surface area (Å²) in [5, 5.41) is 11.5. The molecule has 2 heterocycles. The highest BCUT2D eigenvalue weighted by Gasteiger charge is 2.26. The molecule has 5 heteroatoms. The molecule has 0 atom stereocenters. The molecule has 2 aromatic carbocycles. The van der Waals surface area contributed by atoms with Crippen LogP contribution in [0.2, 0.25) is 0 Å². The lowest BCUT2D eigenvalue weighted by atomic mass is 10.1. The van der Waals surface area contributed by atoms with Crippen molar-refractivity contribution in [1.29, 1.82) is 0 Å². The van der Waals surface area contributed by atoms with Crippen molar-refractivity contribution in [1.82, 2.24) is 10.2 Å². The summed E-state index contributed by atoms with van der Waals surface area (Å²) in [5.41, 5.74) is 4.94. The van der Waals surface area contributed by atoms with Crippen LogP contribution in [0.5, 0.6) is 0 Å². The van der Waals surface area contributed by atoms with E-state index < -0.39 is 0 Å². The molecule has 1 N–H and O–H groups in total. The van der Waals surface area contributed by atoms with E-state index in [1.54, 1.807) is 17.0 Å². The molecule has 1 amide bonds. The van der Waals surface area contributed by atoms with E-state index in [1.807, 2.05) is 24.3 Å². The molecule has 0 unspecified atom stereocenters. The van der Waals surface area contributed by atoms with Crippen molar-refractivity contribution >= 4 is 17.4 Å². The van der Waals surface area contributed by atoms with E-state index in [4.69, 9.17) is 0 Å². The second-order valence-electron chi connectivity index (χ2n) is 6.48. The zero-order chi connectivity index (χ0) is 17.9. The fourth-order valence-electron chi connectivity index (χ4n) is 3.24. The van der Waals surface area contributed by atoms with Crippen LogP contribution in [-0.4, -0.2) is 22.6 Å². The van der Waals surface area contributed by atoms with Gasteiger partial charge in [0, 0.05) is 18.8 Å². The van der Waals surface area contributed by atoms with Gasteiger partial charge in [-0.15, -0.1) is 10.2 Å². The van der Waals surface area contributed by atoms with Crippen molar-refractivity contribution in [2.45, 2.75) is 19.9 Å². The van der Waals surface area contributed by atoms with Gasteiger partial charge in [0.05, 0.1) is 0 Å². The summed E-state index contributed by atoms with van der Waals surface area (Å²) in [7, 11) is 0. The topological polar surface area (TPSA) is 58.1 Å². The smallest absolute Gasteiger partial charge is 0.278 e. The molecule has 4 rings (SSSR count). The van der Waals surface area contributed by atoms with E-state index in [0.29, 0.717) is 24.6 Å². The molecule has 0 spiro atoms. The van der Waals surface area contributed by atoms with Crippen LogP contribution < -0.4 is 10.2 Å². The van der Waals surface area contributed by atoms with Gasteiger partial charge in [0.1, 0.15) is 5.82 Å². The highest BCUT2D eigenvalue weighted by Crippen LogP contribution is 2.28. The molecule has 3 aromatic rings. The van der Waals surface area contributed by atoms with Crippen LogP contribution >= 0.6 is 0 Å². The van der Waals surface area contributed by atoms with Crippen molar-refractivity contribution in [3.8, 4) is 0 Å². The Labute approximate surface area is 152 Å². The fraction of sp³-hybridized carbons (Fsp3) is 0.190. The third-order valence-electron chi connectivity index (χ3n) is 4.57. The van der Waals surface area contributed by atoms with E-state index in [1.165, 1.54) is 16.7 Å². The Balaban J connectivity index is 1.44. The van der Waals surface area contributed by atoms with Crippen LogP contribution in [0, 0.1) is 6.92 Å². The number of hydrogen-bond acceptors (Lipinski definition) is 4. The van der Waals surface area contributed by atoms with Gasteiger partial charge in [-0.05, 0) is 42.7 Å². The number of fused-ring (bicyclic) bond motifs is 1. The van der Waals surface area contributed by atoms with E-state index in [9.17, 15) is 4.79 Å². The highest BCUT2D eigenvalue weighted by atomic mass is 16.2. The first kappa shape index (κ1) is 16.3. The second kappa shape index (κ2) is 6.96.